The number of nitrogens with one attached hydrogen (secondary N) is 1. The zero-order valence-electron chi connectivity index (χ0n) is 9.30. The Bertz CT molecular complexity index is 219. The van der Waals surface area contributed by atoms with Crippen LogP contribution in [0, 0.1) is 16.9 Å². The zero-order chi connectivity index (χ0) is 11.0. The van der Waals surface area contributed by atoms with Gasteiger partial charge in [0.1, 0.15) is 0 Å². The van der Waals surface area contributed by atoms with Crippen LogP contribution in [-0.2, 0) is 0 Å². The third kappa shape index (κ3) is 8.85. The molecule has 0 aliphatic carbocycles. The van der Waals surface area contributed by atoms with E-state index in [1.165, 1.54) is 6.42 Å². The molecule has 0 aromatic heterocycles. The monoisotopic (exact) mass is 196 g/mol. The molecule has 0 radical (unpaired) electrons. The van der Waals surface area contributed by atoms with Crippen LogP contribution < -0.4 is 11.1 Å². The summed E-state index contributed by atoms with van der Waals surface area (Å²) in [6, 6.07) is 0. The van der Waals surface area contributed by atoms with E-state index in [2.05, 4.69) is 31.1 Å². The molecule has 0 aromatic rings. The molecule has 0 atom stereocenters. The average molecular weight is 196 g/mol. The van der Waals surface area contributed by atoms with Crippen LogP contribution in [0.5, 0.6) is 0 Å². The van der Waals surface area contributed by atoms with E-state index in [0.29, 0.717) is 12.0 Å². The van der Waals surface area contributed by atoms with Crippen LogP contribution in [0.4, 0.5) is 0 Å². The van der Waals surface area contributed by atoms with Crippen molar-refractivity contribution < 1.29 is 0 Å². The third-order valence-corrected chi connectivity index (χ3v) is 1.80. The first-order valence-electron chi connectivity index (χ1n) is 4.91. The van der Waals surface area contributed by atoms with Gasteiger partial charge in [-0.2, -0.15) is 5.26 Å². The van der Waals surface area contributed by atoms with Gasteiger partial charge in [0.15, 0.2) is 6.19 Å². The van der Waals surface area contributed by atoms with E-state index in [4.69, 9.17) is 11.0 Å². The van der Waals surface area contributed by atoms with Crippen LogP contribution in [-0.4, -0.2) is 12.5 Å². The lowest BCUT2D eigenvalue weighted by molar-refractivity contribution is 0.361. The van der Waals surface area contributed by atoms with Crippen molar-refractivity contribution in [1.29, 1.82) is 5.26 Å². The maximum absolute atomic E-state index is 8.22. The minimum Gasteiger partial charge on any atom is -0.369 e. The molecule has 0 bridgehead atoms. The van der Waals surface area contributed by atoms with Gasteiger partial charge in [0.05, 0.1) is 0 Å². The first-order chi connectivity index (χ1) is 6.45. The second kappa shape index (κ2) is 6.25. The Labute approximate surface area is 86.2 Å². The number of nitriles is 1. The molecular weight excluding hydrogens is 176 g/mol. The molecular formula is C10H20N4. The maximum atomic E-state index is 8.22. The van der Waals surface area contributed by atoms with E-state index in [1.54, 1.807) is 6.19 Å². The molecule has 0 amide bonds. The Morgan fingerprint density at radius 3 is 2.57 bits per heavy atom. The molecule has 4 nitrogen and oxygen atoms in total. The summed E-state index contributed by atoms with van der Waals surface area (Å²) in [6.45, 7) is 7.36. The molecule has 0 saturated heterocycles. The third-order valence-electron chi connectivity index (χ3n) is 1.80. The highest BCUT2D eigenvalue weighted by atomic mass is 15.1. The van der Waals surface area contributed by atoms with Crippen molar-refractivity contribution in [3.05, 3.63) is 0 Å². The van der Waals surface area contributed by atoms with E-state index in [9.17, 15) is 0 Å². The van der Waals surface area contributed by atoms with Crippen molar-refractivity contribution in [3.63, 3.8) is 0 Å². The highest BCUT2D eigenvalue weighted by molar-refractivity contribution is 5.79. The Morgan fingerprint density at radius 2 is 2.07 bits per heavy atom. The zero-order valence-corrected chi connectivity index (χ0v) is 9.30. The summed E-state index contributed by atoms with van der Waals surface area (Å²) < 4.78 is 0. The molecule has 4 heteroatoms. The van der Waals surface area contributed by atoms with Gasteiger partial charge < -0.3 is 5.73 Å². The Balaban J connectivity index is 3.48. The van der Waals surface area contributed by atoms with E-state index in [0.717, 1.165) is 12.8 Å². The van der Waals surface area contributed by atoms with Crippen molar-refractivity contribution in [3.8, 4) is 6.19 Å². The first-order valence-corrected chi connectivity index (χ1v) is 4.91. The summed E-state index contributed by atoms with van der Waals surface area (Å²) in [4.78, 5) is 3.99. The highest BCUT2D eigenvalue weighted by Crippen LogP contribution is 2.21. The minimum absolute atomic E-state index is 0.211. The van der Waals surface area contributed by atoms with Crippen LogP contribution in [0.15, 0.2) is 4.99 Å². The van der Waals surface area contributed by atoms with Crippen LogP contribution in [0.1, 0.15) is 40.0 Å². The number of unbranched alkanes of at least 4 members (excludes halogenated alkanes) is 1. The van der Waals surface area contributed by atoms with Crippen LogP contribution in [0.25, 0.3) is 0 Å². The van der Waals surface area contributed by atoms with Crippen molar-refractivity contribution in [2.45, 2.75) is 40.0 Å². The molecule has 0 aliphatic rings. The SMILES string of the molecule is CC(C)(C)CCCCN=C(N)NC#N. The Kier molecular flexibility index (Phi) is 5.70. The van der Waals surface area contributed by atoms with Gasteiger partial charge >= 0.3 is 0 Å². The van der Waals surface area contributed by atoms with Crippen LogP contribution in [0.3, 0.4) is 0 Å². The lowest BCUT2D eigenvalue weighted by Gasteiger charge is -2.16. The highest BCUT2D eigenvalue weighted by Gasteiger charge is 2.08. The second-order valence-corrected chi connectivity index (χ2v) is 4.52. The second-order valence-electron chi connectivity index (χ2n) is 4.52. The van der Waals surface area contributed by atoms with Gasteiger partial charge in [0.2, 0.25) is 5.96 Å². The van der Waals surface area contributed by atoms with E-state index in [-0.39, 0.29) is 5.96 Å². The van der Waals surface area contributed by atoms with E-state index in [1.807, 2.05) is 0 Å². The fourth-order valence-corrected chi connectivity index (χ4v) is 1.06. The molecule has 0 saturated carbocycles. The number of aliphatic imine (C=N–C) groups is 1. The van der Waals surface area contributed by atoms with Crippen molar-refractivity contribution in [2.24, 2.45) is 16.1 Å². The first kappa shape index (κ1) is 12.8. The molecule has 3 N–H and O–H groups in total. The van der Waals surface area contributed by atoms with Crippen molar-refractivity contribution in [2.75, 3.05) is 6.54 Å². The van der Waals surface area contributed by atoms with Gasteiger partial charge in [-0.05, 0) is 18.3 Å². The molecule has 0 aliphatic heterocycles. The number of guanidine groups is 1. The lowest BCUT2D eigenvalue weighted by atomic mass is 9.90. The number of nitrogens with zero attached hydrogens (tertiary/aromatic N) is 2. The predicted octanol–water partition coefficient (Wildman–Crippen LogP) is 1.59. The van der Waals surface area contributed by atoms with E-state index >= 15 is 0 Å². The maximum Gasteiger partial charge on any atom is 0.202 e. The molecule has 0 aromatic carbocycles. The fraction of sp³-hybridized carbons (Fsp3) is 0.800. The van der Waals surface area contributed by atoms with Crippen LogP contribution in [0.2, 0.25) is 0 Å². The largest absolute Gasteiger partial charge is 0.369 e. The van der Waals surface area contributed by atoms with Crippen molar-refractivity contribution >= 4 is 5.96 Å². The number of nitrogens with two attached hydrogens (primary N) is 1. The average Bonchev–Trinajstić information content (AvgIpc) is 2.02. The van der Waals surface area contributed by atoms with Gasteiger partial charge in [-0.3, -0.25) is 10.3 Å². The molecule has 80 valence electrons. The lowest BCUT2D eigenvalue weighted by Crippen LogP contribution is -2.27. The summed E-state index contributed by atoms with van der Waals surface area (Å²) in [5.74, 6) is 0.211. The summed E-state index contributed by atoms with van der Waals surface area (Å²) in [5, 5.41) is 10.5. The van der Waals surface area contributed by atoms with Gasteiger partial charge in [0, 0.05) is 6.54 Å². The van der Waals surface area contributed by atoms with Crippen molar-refractivity contribution in [1.82, 2.24) is 5.32 Å². The normalized spacial score (nSPS) is 12.3. The van der Waals surface area contributed by atoms with Gasteiger partial charge in [-0.15, -0.1) is 0 Å². The molecule has 14 heavy (non-hydrogen) atoms. The van der Waals surface area contributed by atoms with Gasteiger partial charge in [0.25, 0.3) is 0 Å². The predicted molar refractivity (Wildman–Crippen MR) is 58.5 cm³/mol. The topological polar surface area (TPSA) is 74.2 Å². The number of hydrogen-bond donors (Lipinski definition) is 2. The van der Waals surface area contributed by atoms with Gasteiger partial charge in [-0.1, -0.05) is 27.2 Å². The van der Waals surface area contributed by atoms with E-state index < -0.39 is 0 Å². The number of hydrogen-bond acceptors (Lipinski definition) is 2. The number of rotatable bonds is 4. The Morgan fingerprint density at radius 1 is 1.43 bits per heavy atom. The summed E-state index contributed by atoms with van der Waals surface area (Å²) in [7, 11) is 0. The van der Waals surface area contributed by atoms with Gasteiger partial charge in [-0.25, -0.2) is 0 Å². The molecule has 0 rings (SSSR count). The molecule has 0 heterocycles. The molecule has 0 unspecified atom stereocenters. The smallest absolute Gasteiger partial charge is 0.202 e. The Hall–Kier alpha value is -1.24. The summed E-state index contributed by atoms with van der Waals surface area (Å²) >= 11 is 0. The minimum atomic E-state index is 0.211. The summed E-state index contributed by atoms with van der Waals surface area (Å²) in [5.41, 5.74) is 5.76. The quantitative estimate of drug-likeness (QED) is 0.236. The fourth-order valence-electron chi connectivity index (χ4n) is 1.06. The molecule has 0 fully saturated rings. The standard InChI is InChI=1S/C10H20N4/c1-10(2,3)6-4-5-7-13-9(12)14-8-11/h4-7H2,1-3H3,(H3,12,13,14). The summed E-state index contributed by atoms with van der Waals surface area (Å²) in [6.07, 6.45) is 5.08. The van der Waals surface area contributed by atoms with Crippen LogP contribution >= 0.6 is 0 Å². The molecule has 0 spiro atoms.